The van der Waals surface area contributed by atoms with Crippen molar-refractivity contribution in [3.63, 3.8) is 0 Å². The second-order valence-electron chi connectivity index (χ2n) is 14.1. The van der Waals surface area contributed by atoms with E-state index in [1.54, 1.807) is 0 Å². The number of hydrogen-bond donors (Lipinski definition) is 0. The van der Waals surface area contributed by atoms with Gasteiger partial charge in [0.2, 0.25) is 6.08 Å². The Balaban J connectivity index is 1.57. The maximum absolute atomic E-state index is 12.9. The number of isocyanates is 1. The fraction of sp³-hybridized carbons (Fsp3) is 0.867. The Morgan fingerprint density at radius 2 is 1.64 bits per heavy atom. The van der Waals surface area contributed by atoms with Crippen molar-refractivity contribution in [3.05, 3.63) is 12.2 Å². The smallest absolute Gasteiger partial charge is 0.235 e. The summed E-state index contributed by atoms with van der Waals surface area (Å²) < 4.78 is 0. The zero-order valence-electron chi connectivity index (χ0n) is 21.9. The van der Waals surface area contributed by atoms with Gasteiger partial charge in [-0.05, 0) is 111 Å². The highest BCUT2D eigenvalue weighted by molar-refractivity contribution is 5.85. The number of hydrogen-bond acceptors (Lipinski definition) is 3. The first kappa shape index (κ1) is 23.5. The van der Waals surface area contributed by atoms with E-state index in [-0.39, 0.29) is 27.2 Å². The molecule has 33 heavy (non-hydrogen) atoms. The van der Waals surface area contributed by atoms with Gasteiger partial charge in [-0.15, -0.1) is 0 Å². The Morgan fingerprint density at radius 1 is 0.909 bits per heavy atom. The standard InChI is InChI=1S/C30H45NO2/c1-19(2)20-10-15-30(31-18-32)17-16-28(6)21(25(20)30)8-9-23-27(5)13-12-24(33)26(3,4)22(27)11-14-29(23,28)7/h20-23,25H,1,8-17H2,2-7H3/t20-,21?,22?,23?,25?,27-,28-,29+,30-/m0/s1. The second-order valence-corrected chi connectivity index (χ2v) is 14.1. The topological polar surface area (TPSA) is 46.5 Å². The first-order valence-electron chi connectivity index (χ1n) is 13.7. The lowest BCUT2D eigenvalue weighted by Crippen LogP contribution is -2.66. The molecule has 0 amide bonds. The van der Waals surface area contributed by atoms with Crippen LogP contribution >= 0.6 is 0 Å². The fourth-order valence-corrected chi connectivity index (χ4v) is 11.2. The van der Waals surface area contributed by atoms with Crippen LogP contribution in [0, 0.1) is 51.2 Å². The molecular weight excluding hydrogens is 406 g/mol. The molecule has 0 aromatic carbocycles. The molecule has 0 N–H and O–H groups in total. The summed E-state index contributed by atoms with van der Waals surface area (Å²) in [6.45, 7) is 18.8. The number of carbonyl (C=O) groups is 1. The Labute approximate surface area is 201 Å². The van der Waals surface area contributed by atoms with Gasteiger partial charge in [-0.2, -0.15) is 4.99 Å². The lowest BCUT2D eigenvalue weighted by atomic mass is 9.32. The normalized spacial score (nSPS) is 52.5. The van der Waals surface area contributed by atoms with E-state index >= 15 is 0 Å². The van der Waals surface area contributed by atoms with Crippen LogP contribution in [0.2, 0.25) is 0 Å². The average Bonchev–Trinajstić information content (AvgIpc) is 3.12. The zero-order chi connectivity index (χ0) is 24.0. The Kier molecular flexibility index (Phi) is 5.10. The molecule has 182 valence electrons. The summed E-state index contributed by atoms with van der Waals surface area (Å²) in [4.78, 5) is 29.1. The third-order valence-corrected chi connectivity index (χ3v) is 13.0. The molecule has 0 radical (unpaired) electrons. The minimum absolute atomic E-state index is 0.191. The minimum Gasteiger partial charge on any atom is -0.299 e. The van der Waals surface area contributed by atoms with Crippen LogP contribution in [0.4, 0.5) is 0 Å². The molecule has 0 heterocycles. The van der Waals surface area contributed by atoms with Crippen LogP contribution in [0.3, 0.4) is 0 Å². The molecule has 9 atom stereocenters. The highest BCUT2D eigenvalue weighted by Gasteiger charge is 2.71. The van der Waals surface area contributed by atoms with Gasteiger partial charge in [-0.25, -0.2) is 4.79 Å². The van der Waals surface area contributed by atoms with E-state index in [2.05, 4.69) is 53.1 Å². The van der Waals surface area contributed by atoms with E-state index in [4.69, 9.17) is 0 Å². The van der Waals surface area contributed by atoms with Gasteiger partial charge < -0.3 is 0 Å². The van der Waals surface area contributed by atoms with Crippen LogP contribution in [-0.2, 0) is 9.59 Å². The molecule has 3 nitrogen and oxygen atoms in total. The lowest BCUT2D eigenvalue weighted by Gasteiger charge is -2.72. The van der Waals surface area contributed by atoms with Crippen molar-refractivity contribution >= 4 is 11.9 Å². The molecule has 3 heteroatoms. The molecule has 5 saturated carbocycles. The van der Waals surface area contributed by atoms with E-state index in [1.165, 1.54) is 37.7 Å². The van der Waals surface area contributed by atoms with Crippen LogP contribution < -0.4 is 0 Å². The maximum Gasteiger partial charge on any atom is 0.235 e. The summed E-state index contributed by atoms with van der Waals surface area (Å²) in [5, 5.41) is 0. The van der Waals surface area contributed by atoms with E-state index in [0.717, 1.165) is 32.1 Å². The summed E-state index contributed by atoms with van der Waals surface area (Å²) >= 11 is 0. The van der Waals surface area contributed by atoms with Crippen molar-refractivity contribution < 1.29 is 9.59 Å². The molecule has 5 rings (SSSR count). The minimum atomic E-state index is -0.209. The number of aliphatic imine (C=N–C) groups is 1. The van der Waals surface area contributed by atoms with Gasteiger partial charge in [0.15, 0.2) is 0 Å². The number of fused-ring (bicyclic) bond motifs is 7. The summed E-state index contributed by atoms with van der Waals surface area (Å²) in [5.74, 6) is 3.16. The van der Waals surface area contributed by atoms with Crippen molar-refractivity contribution in [3.8, 4) is 0 Å². The SMILES string of the molecule is C=C(C)[C@@H]1CC[C@]2(N=C=O)CC[C@@]3(C)C(CCC4[C@@]5(C)CCC(=O)C(C)(C)C5CC[C@]43C)C12. The maximum atomic E-state index is 12.9. The van der Waals surface area contributed by atoms with Gasteiger partial charge in [0.1, 0.15) is 5.78 Å². The van der Waals surface area contributed by atoms with Gasteiger partial charge in [0.05, 0.1) is 5.54 Å². The molecule has 5 aliphatic carbocycles. The molecule has 0 saturated heterocycles. The molecular formula is C30H45NO2. The second kappa shape index (κ2) is 7.16. The van der Waals surface area contributed by atoms with Crippen molar-refractivity contribution in [2.45, 2.75) is 111 Å². The molecule has 0 aromatic heterocycles. The predicted octanol–water partition coefficient (Wildman–Crippen LogP) is 7.30. The number of ketones is 1. The molecule has 0 bridgehead atoms. The third kappa shape index (κ3) is 2.78. The number of nitrogens with zero attached hydrogens (tertiary/aromatic N) is 1. The van der Waals surface area contributed by atoms with Gasteiger partial charge in [0, 0.05) is 11.8 Å². The lowest BCUT2D eigenvalue weighted by molar-refractivity contribution is -0.227. The summed E-state index contributed by atoms with van der Waals surface area (Å²) in [6.07, 6.45) is 13.1. The van der Waals surface area contributed by atoms with Crippen LogP contribution in [-0.4, -0.2) is 17.4 Å². The van der Waals surface area contributed by atoms with Crippen molar-refractivity contribution in [2.75, 3.05) is 0 Å². The third-order valence-electron chi connectivity index (χ3n) is 13.0. The van der Waals surface area contributed by atoms with Gasteiger partial charge in [0.25, 0.3) is 0 Å². The first-order valence-corrected chi connectivity index (χ1v) is 13.7. The Hall–Kier alpha value is -1.21. The number of allylic oxidation sites excluding steroid dienone is 1. The van der Waals surface area contributed by atoms with Gasteiger partial charge in [-0.1, -0.05) is 46.8 Å². The molecule has 0 spiro atoms. The van der Waals surface area contributed by atoms with E-state index in [9.17, 15) is 9.59 Å². The van der Waals surface area contributed by atoms with E-state index < -0.39 is 0 Å². The van der Waals surface area contributed by atoms with Crippen LogP contribution in [0.15, 0.2) is 17.1 Å². The number of Topliss-reactive ketones (excluding diaryl/α,β-unsaturated/α-hetero) is 1. The summed E-state index contributed by atoms with van der Waals surface area (Å²) in [7, 11) is 0. The van der Waals surface area contributed by atoms with Crippen molar-refractivity contribution in [1.29, 1.82) is 0 Å². The monoisotopic (exact) mass is 451 g/mol. The van der Waals surface area contributed by atoms with Crippen LogP contribution in [0.25, 0.3) is 0 Å². The van der Waals surface area contributed by atoms with Crippen molar-refractivity contribution in [2.24, 2.45) is 56.2 Å². The highest BCUT2D eigenvalue weighted by Crippen LogP contribution is 2.76. The molecule has 0 aliphatic heterocycles. The van der Waals surface area contributed by atoms with Crippen LogP contribution in [0.1, 0.15) is 106 Å². The fourth-order valence-electron chi connectivity index (χ4n) is 11.2. The van der Waals surface area contributed by atoms with E-state index in [0.29, 0.717) is 35.4 Å². The average molecular weight is 452 g/mol. The Bertz CT molecular complexity index is 930. The molecule has 5 aliphatic rings. The Morgan fingerprint density at radius 3 is 2.30 bits per heavy atom. The van der Waals surface area contributed by atoms with Crippen molar-refractivity contribution in [1.82, 2.24) is 0 Å². The van der Waals surface area contributed by atoms with Crippen LogP contribution in [0.5, 0.6) is 0 Å². The highest BCUT2D eigenvalue weighted by atomic mass is 16.1. The van der Waals surface area contributed by atoms with E-state index in [1.807, 2.05) is 6.08 Å². The zero-order valence-corrected chi connectivity index (χ0v) is 21.9. The molecule has 4 unspecified atom stereocenters. The van der Waals surface area contributed by atoms with Gasteiger partial charge in [-0.3, -0.25) is 4.79 Å². The molecule has 5 fully saturated rings. The number of carbonyl (C=O) groups excluding carboxylic acids is 2. The van der Waals surface area contributed by atoms with Gasteiger partial charge >= 0.3 is 0 Å². The largest absolute Gasteiger partial charge is 0.299 e. The summed E-state index contributed by atoms with van der Waals surface area (Å²) in [6, 6.07) is 0. The molecule has 0 aromatic rings. The quantitative estimate of drug-likeness (QED) is 0.251. The number of rotatable bonds is 2. The predicted molar refractivity (Wildman–Crippen MR) is 132 cm³/mol. The first-order chi connectivity index (χ1) is 15.4. The summed E-state index contributed by atoms with van der Waals surface area (Å²) in [5.41, 5.74) is 1.65.